The van der Waals surface area contributed by atoms with Gasteiger partial charge in [-0.1, -0.05) is 25.0 Å². The number of hydrogen-bond acceptors (Lipinski definition) is 2. The molecule has 2 heterocycles. The Labute approximate surface area is 135 Å². The fourth-order valence-corrected chi connectivity index (χ4v) is 4.60. The zero-order chi connectivity index (χ0) is 15.4. The molecule has 0 N–H and O–H groups in total. The molecule has 22 heavy (non-hydrogen) atoms. The first-order valence-electron chi connectivity index (χ1n) is 9.38. The molecule has 2 saturated heterocycles. The lowest BCUT2D eigenvalue weighted by Gasteiger charge is -2.46. The lowest BCUT2D eigenvalue weighted by Crippen LogP contribution is -2.53. The van der Waals surface area contributed by atoms with Crippen molar-refractivity contribution in [3.63, 3.8) is 0 Å². The lowest BCUT2D eigenvalue weighted by atomic mass is 9.71. The molecule has 0 bridgehead atoms. The number of amides is 1. The van der Waals surface area contributed by atoms with Gasteiger partial charge in [-0.05, 0) is 63.8 Å². The van der Waals surface area contributed by atoms with Gasteiger partial charge in [-0.3, -0.25) is 9.69 Å². The van der Waals surface area contributed by atoms with Crippen molar-refractivity contribution < 1.29 is 4.79 Å². The minimum absolute atomic E-state index is 0.0705. The van der Waals surface area contributed by atoms with Crippen LogP contribution in [0.5, 0.6) is 0 Å². The monoisotopic (exact) mass is 304 g/mol. The molecule has 2 fully saturated rings. The number of rotatable bonds is 2. The lowest BCUT2D eigenvalue weighted by molar-refractivity contribution is -0.137. The van der Waals surface area contributed by atoms with Crippen molar-refractivity contribution >= 4 is 5.91 Å². The van der Waals surface area contributed by atoms with Crippen LogP contribution >= 0.6 is 0 Å². The third kappa shape index (κ3) is 3.56. The van der Waals surface area contributed by atoms with Crippen molar-refractivity contribution in [2.75, 3.05) is 26.2 Å². The summed E-state index contributed by atoms with van der Waals surface area (Å²) in [7, 11) is 0. The van der Waals surface area contributed by atoms with Crippen LogP contribution in [-0.2, 0) is 4.79 Å². The van der Waals surface area contributed by atoms with E-state index >= 15 is 0 Å². The predicted molar refractivity (Wildman–Crippen MR) is 90.7 cm³/mol. The molecule has 0 saturated carbocycles. The van der Waals surface area contributed by atoms with Crippen molar-refractivity contribution in [3.05, 3.63) is 12.2 Å². The first kappa shape index (κ1) is 16.0. The Hall–Kier alpha value is -0.830. The molecular formula is C19H32N2O. The van der Waals surface area contributed by atoms with Gasteiger partial charge in [0, 0.05) is 19.6 Å². The van der Waals surface area contributed by atoms with E-state index in [0.29, 0.717) is 11.3 Å². The summed E-state index contributed by atoms with van der Waals surface area (Å²) >= 11 is 0. The highest BCUT2D eigenvalue weighted by molar-refractivity contribution is 5.81. The fourth-order valence-electron chi connectivity index (χ4n) is 4.60. The molecule has 3 aliphatic rings. The predicted octanol–water partition coefficient (Wildman–Crippen LogP) is 3.60. The fraction of sp³-hybridized carbons (Fsp3) is 0.842. The summed E-state index contributed by atoms with van der Waals surface area (Å²) in [4.78, 5) is 17.5. The molecule has 1 aliphatic carbocycles. The first-order chi connectivity index (χ1) is 10.7. The highest BCUT2D eigenvalue weighted by Gasteiger charge is 2.38. The third-order valence-corrected chi connectivity index (χ3v) is 6.07. The van der Waals surface area contributed by atoms with Gasteiger partial charge in [-0.2, -0.15) is 0 Å². The van der Waals surface area contributed by atoms with Gasteiger partial charge in [0.05, 0.1) is 6.04 Å². The Bertz CT molecular complexity index is 412. The maximum absolute atomic E-state index is 12.9. The third-order valence-electron chi connectivity index (χ3n) is 6.07. The summed E-state index contributed by atoms with van der Waals surface area (Å²) in [6.45, 7) is 6.32. The van der Waals surface area contributed by atoms with Gasteiger partial charge in [0.15, 0.2) is 0 Å². The second-order valence-electron chi connectivity index (χ2n) is 7.70. The molecule has 0 aromatic rings. The van der Waals surface area contributed by atoms with E-state index in [0.717, 1.165) is 26.2 Å². The number of nitrogens with zero attached hydrogens (tertiary/aromatic N) is 2. The van der Waals surface area contributed by atoms with Crippen molar-refractivity contribution in [1.29, 1.82) is 0 Å². The van der Waals surface area contributed by atoms with Gasteiger partial charge in [-0.15, -0.1) is 0 Å². The summed E-state index contributed by atoms with van der Waals surface area (Å²) in [5.41, 5.74) is 0.459. The van der Waals surface area contributed by atoms with E-state index in [1.165, 1.54) is 57.8 Å². The largest absolute Gasteiger partial charge is 0.341 e. The van der Waals surface area contributed by atoms with Crippen molar-refractivity contribution in [3.8, 4) is 0 Å². The van der Waals surface area contributed by atoms with Gasteiger partial charge in [0.2, 0.25) is 5.91 Å². The Morgan fingerprint density at radius 3 is 2.45 bits per heavy atom. The van der Waals surface area contributed by atoms with E-state index in [2.05, 4.69) is 28.9 Å². The SMILES string of the molecule is C[C@@H](C(=O)N1CCCCCC1)N1CCC[C@]2(CC=CCC2)C1. The number of allylic oxidation sites excluding steroid dienone is 2. The van der Waals surface area contributed by atoms with Crippen LogP contribution in [0.25, 0.3) is 0 Å². The molecular weight excluding hydrogens is 272 g/mol. The van der Waals surface area contributed by atoms with Crippen LogP contribution in [0, 0.1) is 5.41 Å². The standard InChI is InChI=1S/C19H32N2O/c1-17(18(22)20-13-7-2-3-8-14-20)21-15-9-12-19(16-21)10-5-4-6-11-19/h4-5,17H,2-3,6-16H2,1H3/t17-,19+/m0/s1. The molecule has 3 heteroatoms. The average Bonchev–Trinajstić information content (AvgIpc) is 2.83. The van der Waals surface area contributed by atoms with Crippen molar-refractivity contribution in [2.45, 2.75) is 70.8 Å². The molecule has 124 valence electrons. The van der Waals surface area contributed by atoms with E-state index in [1.807, 2.05) is 0 Å². The van der Waals surface area contributed by atoms with Crippen LogP contribution in [0.15, 0.2) is 12.2 Å². The molecule has 3 nitrogen and oxygen atoms in total. The molecule has 1 spiro atoms. The van der Waals surface area contributed by atoms with Crippen molar-refractivity contribution in [2.24, 2.45) is 5.41 Å². The molecule has 2 atom stereocenters. The minimum atomic E-state index is 0.0705. The van der Waals surface area contributed by atoms with Gasteiger partial charge in [-0.25, -0.2) is 0 Å². The van der Waals surface area contributed by atoms with E-state index < -0.39 is 0 Å². The first-order valence-corrected chi connectivity index (χ1v) is 9.38. The summed E-state index contributed by atoms with van der Waals surface area (Å²) < 4.78 is 0. The van der Waals surface area contributed by atoms with E-state index in [9.17, 15) is 4.79 Å². The molecule has 2 aliphatic heterocycles. The summed E-state index contributed by atoms with van der Waals surface area (Å²) in [6, 6.07) is 0.0705. The minimum Gasteiger partial charge on any atom is -0.341 e. The van der Waals surface area contributed by atoms with E-state index in [-0.39, 0.29) is 6.04 Å². The smallest absolute Gasteiger partial charge is 0.239 e. The molecule has 3 rings (SSSR count). The highest BCUT2D eigenvalue weighted by Crippen LogP contribution is 2.41. The molecule has 0 aromatic heterocycles. The Balaban J connectivity index is 1.62. The summed E-state index contributed by atoms with van der Waals surface area (Å²) in [5.74, 6) is 0.380. The van der Waals surface area contributed by atoms with E-state index in [4.69, 9.17) is 0 Å². The zero-order valence-electron chi connectivity index (χ0n) is 14.2. The number of piperidine rings is 1. The zero-order valence-corrected chi connectivity index (χ0v) is 14.2. The summed E-state index contributed by atoms with van der Waals surface area (Å²) in [6.07, 6.45) is 16.0. The quantitative estimate of drug-likeness (QED) is 0.728. The maximum atomic E-state index is 12.9. The topological polar surface area (TPSA) is 23.6 Å². The van der Waals surface area contributed by atoms with Crippen LogP contribution < -0.4 is 0 Å². The molecule has 0 unspecified atom stereocenters. The molecule has 1 amide bonds. The number of carbonyl (C=O) groups excluding carboxylic acids is 1. The normalized spacial score (nSPS) is 32.0. The second kappa shape index (κ2) is 7.16. The van der Waals surface area contributed by atoms with Gasteiger partial charge in [0.1, 0.15) is 0 Å². The van der Waals surface area contributed by atoms with Gasteiger partial charge >= 0.3 is 0 Å². The Morgan fingerprint density at radius 1 is 1.00 bits per heavy atom. The van der Waals surface area contributed by atoms with Crippen LogP contribution in [0.4, 0.5) is 0 Å². The van der Waals surface area contributed by atoms with Crippen LogP contribution in [-0.4, -0.2) is 47.9 Å². The molecule has 0 aromatic carbocycles. The number of carbonyl (C=O) groups is 1. The number of hydrogen-bond donors (Lipinski definition) is 0. The molecule has 0 radical (unpaired) electrons. The van der Waals surface area contributed by atoms with Crippen LogP contribution in [0.2, 0.25) is 0 Å². The Morgan fingerprint density at radius 2 is 1.77 bits per heavy atom. The van der Waals surface area contributed by atoms with Crippen LogP contribution in [0.1, 0.15) is 64.7 Å². The highest BCUT2D eigenvalue weighted by atomic mass is 16.2. The van der Waals surface area contributed by atoms with Crippen molar-refractivity contribution in [1.82, 2.24) is 9.80 Å². The van der Waals surface area contributed by atoms with Gasteiger partial charge in [0.25, 0.3) is 0 Å². The van der Waals surface area contributed by atoms with Gasteiger partial charge < -0.3 is 4.90 Å². The average molecular weight is 304 g/mol. The summed E-state index contributed by atoms with van der Waals surface area (Å²) in [5, 5.41) is 0. The maximum Gasteiger partial charge on any atom is 0.239 e. The van der Waals surface area contributed by atoms with Crippen LogP contribution in [0.3, 0.4) is 0 Å². The Kier molecular flexibility index (Phi) is 5.22. The number of likely N-dealkylation sites (tertiary alicyclic amines) is 2. The van der Waals surface area contributed by atoms with E-state index in [1.54, 1.807) is 0 Å². The second-order valence-corrected chi connectivity index (χ2v) is 7.70.